The van der Waals surface area contributed by atoms with Crippen molar-refractivity contribution in [3.63, 3.8) is 0 Å². The molecular weight excluding hydrogens is 667 g/mol. The van der Waals surface area contributed by atoms with Crippen LogP contribution in [0.2, 0.25) is 0 Å². The van der Waals surface area contributed by atoms with Crippen LogP contribution in [-0.2, 0) is 31.1 Å². The summed E-state index contributed by atoms with van der Waals surface area (Å²) in [5.74, 6) is -1.75. The lowest BCUT2D eigenvalue weighted by molar-refractivity contribution is -0.161. The van der Waals surface area contributed by atoms with Gasteiger partial charge >= 0.3 is 18.3 Å². The minimum absolute atomic E-state index is 0.0348. The largest absolute Gasteiger partial charge is 0.458 e. The highest BCUT2D eigenvalue weighted by Crippen LogP contribution is 2.45. The van der Waals surface area contributed by atoms with Crippen molar-refractivity contribution in [2.24, 2.45) is 0 Å². The second-order valence-electron chi connectivity index (χ2n) is 13.8. The number of hydrogen-bond acceptors (Lipinski definition) is 10. The lowest BCUT2D eigenvalue weighted by atomic mass is 10.0. The number of nitrogens with zero attached hydrogens (tertiary/aromatic N) is 5. The summed E-state index contributed by atoms with van der Waals surface area (Å²) in [6, 6.07) is 3.15. The molecule has 0 N–H and O–H groups in total. The predicted molar refractivity (Wildman–Crippen MR) is 171 cm³/mol. The van der Waals surface area contributed by atoms with Crippen molar-refractivity contribution in [2.45, 2.75) is 115 Å². The van der Waals surface area contributed by atoms with Crippen LogP contribution < -0.4 is 16.0 Å². The predicted octanol–water partition coefficient (Wildman–Crippen LogP) is 5.15. The highest BCUT2D eigenvalue weighted by molar-refractivity contribution is 7.21. The topological polar surface area (TPSA) is 129 Å². The second-order valence-corrected chi connectivity index (χ2v) is 14.8. The summed E-state index contributed by atoms with van der Waals surface area (Å²) in [6.07, 6.45) is 4.39. The minimum atomic E-state index is -3.22. The summed E-state index contributed by atoms with van der Waals surface area (Å²) in [7, 11) is 0. The van der Waals surface area contributed by atoms with Crippen LogP contribution in [0.4, 0.5) is 13.2 Å². The number of carbonyl (C=O) groups is 1. The number of thiophene rings is 1. The van der Waals surface area contributed by atoms with Gasteiger partial charge in [0.2, 0.25) is 0 Å². The fourth-order valence-electron chi connectivity index (χ4n) is 6.90. The molecule has 0 unspecified atom stereocenters. The Kier molecular flexibility index (Phi) is 8.46. The number of esters is 1. The molecule has 3 aliphatic rings. The lowest BCUT2D eigenvalue weighted by Crippen LogP contribution is -2.50. The normalized spacial score (nSPS) is 22.1. The third-order valence-electron chi connectivity index (χ3n) is 9.21. The van der Waals surface area contributed by atoms with Crippen molar-refractivity contribution >= 4 is 27.5 Å². The monoisotopic (exact) mass is 703 g/mol. The van der Waals surface area contributed by atoms with E-state index >= 15 is 0 Å². The van der Waals surface area contributed by atoms with E-state index < -0.39 is 53.0 Å². The van der Waals surface area contributed by atoms with E-state index in [1.54, 1.807) is 27.7 Å². The Morgan fingerprint density at radius 2 is 1.80 bits per heavy atom. The molecule has 16 heteroatoms. The summed E-state index contributed by atoms with van der Waals surface area (Å²) in [5.41, 5.74) is -3.51. The molecule has 1 aliphatic carbocycles. The fraction of sp³-hybridized carbons (Fsp3) is 0.545. The lowest BCUT2D eigenvalue weighted by Gasteiger charge is -2.32. The maximum absolute atomic E-state index is 14.8. The molecule has 3 atom stereocenters. The number of rotatable bonds is 10. The zero-order valence-electron chi connectivity index (χ0n) is 27.4. The average Bonchev–Trinajstić information content (AvgIpc) is 3.30. The Balaban J connectivity index is 1.42. The highest BCUT2D eigenvalue weighted by atomic mass is 32.1. The first-order valence-corrected chi connectivity index (χ1v) is 17.0. The van der Waals surface area contributed by atoms with Crippen molar-refractivity contribution in [2.75, 3.05) is 0 Å². The minimum Gasteiger partial charge on any atom is -0.458 e. The standard InChI is InChI=1S/C33H36F3N5O7S/c1-17-25-26(42)40(33(9-10-33)29(43)48-32(2,3)4)31(44)39(28(25)49-27(17)41-37-11-12-38-41)16-24(46-21-14-19-6-7-20(15-21)45-19)22-13-18(34)5-8-23(22)47-30(35)36/h5,8,11-13,19-21,24,30H,6-7,9-10,14-16H2,1-4H3/t19-,20-,24+/m1/s1. The summed E-state index contributed by atoms with van der Waals surface area (Å²) in [4.78, 5) is 44.2. The molecule has 0 radical (unpaired) electrons. The Hall–Kier alpha value is -4.02. The molecule has 1 aromatic carbocycles. The van der Waals surface area contributed by atoms with Crippen LogP contribution in [0.1, 0.15) is 76.5 Å². The van der Waals surface area contributed by atoms with Gasteiger partial charge in [0.05, 0.1) is 42.6 Å². The van der Waals surface area contributed by atoms with E-state index in [0.29, 0.717) is 23.4 Å². The van der Waals surface area contributed by atoms with Crippen LogP contribution in [0.5, 0.6) is 5.75 Å². The van der Waals surface area contributed by atoms with E-state index in [2.05, 4.69) is 10.2 Å². The van der Waals surface area contributed by atoms with Gasteiger partial charge in [0, 0.05) is 11.1 Å². The molecule has 2 bridgehead atoms. The summed E-state index contributed by atoms with van der Waals surface area (Å²) in [5, 5.41) is 9.03. The van der Waals surface area contributed by atoms with Gasteiger partial charge in [-0.3, -0.25) is 9.36 Å². The van der Waals surface area contributed by atoms with Gasteiger partial charge in [0.15, 0.2) is 5.54 Å². The van der Waals surface area contributed by atoms with E-state index in [4.69, 9.17) is 18.9 Å². The molecular formula is C33H36F3N5O7S. The zero-order chi connectivity index (χ0) is 34.8. The van der Waals surface area contributed by atoms with Gasteiger partial charge in [-0.1, -0.05) is 11.3 Å². The van der Waals surface area contributed by atoms with Crippen molar-refractivity contribution < 1.29 is 36.9 Å². The molecule has 12 nitrogen and oxygen atoms in total. The van der Waals surface area contributed by atoms with Gasteiger partial charge in [0.1, 0.15) is 33.1 Å². The Labute approximate surface area is 282 Å². The van der Waals surface area contributed by atoms with E-state index in [1.807, 2.05) is 0 Å². The number of hydrogen-bond donors (Lipinski definition) is 0. The third-order valence-corrected chi connectivity index (χ3v) is 10.5. The quantitative estimate of drug-likeness (QED) is 0.206. The van der Waals surface area contributed by atoms with Gasteiger partial charge < -0.3 is 18.9 Å². The third kappa shape index (κ3) is 6.29. The van der Waals surface area contributed by atoms with Crippen molar-refractivity contribution in [3.05, 3.63) is 68.4 Å². The van der Waals surface area contributed by atoms with Crippen LogP contribution >= 0.6 is 11.3 Å². The second kappa shape index (κ2) is 12.4. The number of aryl methyl sites for hydroxylation is 1. The molecule has 5 heterocycles. The van der Waals surface area contributed by atoms with Crippen molar-refractivity contribution in [3.8, 4) is 10.8 Å². The van der Waals surface area contributed by atoms with Gasteiger partial charge in [-0.05, 0) is 84.4 Å². The molecule has 3 fully saturated rings. The molecule has 3 aromatic heterocycles. The number of aromatic nitrogens is 5. The van der Waals surface area contributed by atoms with E-state index in [1.165, 1.54) is 21.8 Å². The Bertz CT molecular complexity index is 2000. The van der Waals surface area contributed by atoms with E-state index in [-0.39, 0.29) is 53.1 Å². The number of carbonyl (C=O) groups excluding carboxylic acids is 1. The SMILES string of the molecule is Cc1c(-n2nccn2)sc2c1c(=O)n(C1(C(=O)OC(C)(C)C)CC1)c(=O)n2C[C@H](OC1C[C@H]2CC[C@H](C1)O2)c1cc(F)ccc1OC(F)F. The van der Waals surface area contributed by atoms with E-state index in [9.17, 15) is 27.6 Å². The molecule has 4 aromatic rings. The molecule has 262 valence electrons. The van der Waals surface area contributed by atoms with Crippen molar-refractivity contribution in [1.82, 2.24) is 24.1 Å². The van der Waals surface area contributed by atoms with Gasteiger partial charge in [-0.15, -0.1) is 4.80 Å². The molecule has 0 spiro atoms. The zero-order valence-corrected chi connectivity index (χ0v) is 28.2. The number of benzene rings is 1. The number of halogens is 3. The molecule has 7 rings (SSSR count). The van der Waals surface area contributed by atoms with Gasteiger partial charge in [-0.25, -0.2) is 18.5 Å². The van der Waals surface area contributed by atoms with Crippen molar-refractivity contribution in [1.29, 1.82) is 0 Å². The molecule has 0 amide bonds. The average molecular weight is 704 g/mol. The maximum atomic E-state index is 14.8. The number of alkyl halides is 2. The van der Waals surface area contributed by atoms with Gasteiger partial charge in [-0.2, -0.15) is 19.0 Å². The summed E-state index contributed by atoms with van der Waals surface area (Å²) < 4.78 is 67.4. The summed E-state index contributed by atoms with van der Waals surface area (Å²) in [6.45, 7) is 3.23. The maximum Gasteiger partial charge on any atom is 0.387 e. The smallest absolute Gasteiger partial charge is 0.387 e. The van der Waals surface area contributed by atoms with Crippen LogP contribution in [0, 0.1) is 12.7 Å². The summed E-state index contributed by atoms with van der Waals surface area (Å²) >= 11 is 1.08. The van der Waals surface area contributed by atoms with Crippen LogP contribution in [0.25, 0.3) is 15.2 Å². The van der Waals surface area contributed by atoms with Gasteiger partial charge in [0.25, 0.3) is 5.56 Å². The van der Waals surface area contributed by atoms with E-state index in [0.717, 1.165) is 46.9 Å². The highest BCUT2D eigenvalue weighted by Gasteiger charge is 2.56. The Morgan fingerprint density at radius 3 is 2.41 bits per heavy atom. The number of ether oxygens (including phenoxy) is 4. The fourth-order valence-corrected chi connectivity index (χ4v) is 8.12. The van der Waals surface area contributed by atoms with Crippen LogP contribution in [0.3, 0.4) is 0 Å². The van der Waals surface area contributed by atoms with Crippen LogP contribution in [-0.4, -0.2) is 60.6 Å². The number of fused-ring (bicyclic) bond motifs is 3. The molecule has 2 aliphatic heterocycles. The molecule has 49 heavy (non-hydrogen) atoms. The first kappa shape index (κ1) is 33.5. The molecule has 1 saturated carbocycles. The Morgan fingerprint density at radius 1 is 1.12 bits per heavy atom. The first-order valence-electron chi connectivity index (χ1n) is 16.2. The molecule has 2 saturated heterocycles. The van der Waals surface area contributed by atoms with Crippen LogP contribution in [0.15, 0.2) is 40.2 Å². The first-order chi connectivity index (χ1) is 23.2.